The molecule has 0 radical (unpaired) electrons. The number of primary amides is 1. The third-order valence-electron chi connectivity index (χ3n) is 3.26. The van der Waals surface area contributed by atoms with Crippen molar-refractivity contribution >= 4 is 11.8 Å². The number of benzene rings is 1. The number of rotatable bonds is 5. The fourth-order valence-electron chi connectivity index (χ4n) is 1.81. The lowest BCUT2D eigenvalue weighted by molar-refractivity contribution is -0.126. The van der Waals surface area contributed by atoms with E-state index in [-0.39, 0.29) is 11.3 Å². The van der Waals surface area contributed by atoms with Crippen molar-refractivity contribution in [3.05, 3.63) is 35.4 Å². The second-order valence-corrected chi connectivity index (χ2v) is 6.14. The minimum absolute atomic E-state index is 0.132. The maximum absolute atomic E-state index is 11.6. The number of nitrogens with two attached hydrogens (primary N) is 1. The molecule has 0 aromatic heterocycles. The maximum Gasteiger partial charge on any atom is 0.239 e. The summed E-state index contributed by atoms with van der Waals surface area (Å²) in [5, 5.41) is 2.57. The molecule has 0 saturated carbocycles. The Labute approximate surface area is 120 Å². The van der Waals surface area contributed by atoms with E-state index in [0.29, 0.717) is 12.8 Å². The summed E-state index contributed by atoms with van der Waals surface area (Å²) >= 11 is 0. The Kier molecular flexibility index (Phi) is 5.31. The summed E-state index contributed by atoms with van der Waals surface area (Å²) in [4.78, 5) is 22.5. The molecular formula is C16H24N2O2. The average Bonchev–Trinajstić information content (AvgIpc) is 2.35. The molecule has 0 bridgehead atoms. The van der Waals surface area contributed by atoms with Crippen LogP contribution in [-0.4, -0.2) is 17.9 Å². The minimum Gasteiger partial charge on any atom is -0.368 e. The summed E-state index contributed by atoms with van der Waals surface area (Å²) in [5.41, 5.74) is 7.61. The van der Waals surface area contributed by atoms with Crippen LogP contribution in [0.4, 0.5) is 0 Å². The molecule has 1 aromatic rings. The van der Waals surface area contributed by atoms with Gasteiger partial charge in [0, 0.05) is 6.42 Å². The third kappa shape index (κ3) is 5.03. The highest BCUT2D eigenvalue weighted by Gasteiger charge is 2.14. The van der Waals surface area contributed by atoms with Crippen molar-refractivity contribution in [1.82, 2.24) is 5.32 Å². The molecule has 0 aliphatic carbocycles. The van der Waals surface area contributed by atoms with Crippen molar-refractivity contribution in [1.29, 1.82) is 0 Å². The van der Waals surface area contributed by atoms with Gasteiger partial charge in [-0.1, -0.05) is 45.0 Å². The first-order chi connectivity index (χ1) is 9.20. The maximum atomic E-state index is 11.6. The Bertz CT molecular complexity index is 472. The van der Waals surface area contributed by atoms with E-state index in [1.807, 2.05) is 12.1 Å². The molecule has 1 unspecified atom stereocenters. The van der Waals surface area contributed by atoms with Crippen LogP contribution in [0.3, 0.4) is 0 Å². The third-order valence-corrected chi connectivity index (χ3v) is 3.26. The first-order valence-electron chi connectivity index (χ1n) is 6.88. The molecule has 0 aliphatic rings. The first kappa shape index (κ1) is 16.2. The van der Waals surface area contributed by atoms with Gasteiger partial charge in [0.25, 0.3) is 0 Å². The summed E-state index contributed by atoms with van der Waals surface area (Å²) in [5.74, 6) is -0.677. The predicted molar refractivity (Wildman–Crippen MR) is 80.3 cm³/mol. The highest BCUT2D eigenvalue weighted by molar-refractivity contribution is 5.86. The Balaban J connectivity index is 2.50. The number of aryl methyl sites for hydroxylation is 1. The van der Waals surface area contributed by atoms with E-state index in [4.69, 9.17) is 5.73 Å². The van der Waals surface area contributed by atoms with E-state index in [1.54, 1.807) is 6.92 Å². The first-order valence-corrected chi connectivity index (χ1v) is 6.88. The summed E-state index contributed by atoms with van der Waals surface area (Å²) in [6.07, 6.45) is 1.01. The van der Waals surface area contributed by atoms with Crippen LogP contribution in [-0.2, 0) is 21.4 Å². The SMILES string of the molecule is CC(NC(=O)CCc1ccc(C(C)(C)C)cc1)C(N)=O. The van der Waals surface area contributed by atoms with Crippen molar-refractivity contribution in [2.45, 2.75) is 52.0 Å². The fraction of sp³-hybridized carbons (Fsp3) is 0.500. The van der Waals surface area contributed by atoms with E-state index in [2.05, 4.69) is 38.2 Å². The van der Waals surface area contributed by atoms with E-state index in [1.165, 1.54) is 5.56 Å². The van der Waals surface area contributed by atoms with Crippen LogP contribution in [0.1, 0.15) is 45.2 Å². The Morgan fingerprint density at radius 3 is 2.20 bits per heavy atom. The largest absolute Gasteiger partial charge is 0.368 e. The summed E-state index contributed by atoms with van der Waals surface area (Å²) < 4.78 is 0. The monoisotopic (exact) mass is 276 g/mol. The minimum atomic E-state index is -0.620. The Morgan fingerprint density at radius 1 is 1.20 bits per heavy atom. The van der Waals surface area contributed by atoms with Crippen LogP contribution in [0.2, 0.25) is 0 Å². The molecule has 0 spiro atoms. The number of hydrogen-bond acceptors (Lipinski definition) is 2. The molecule has 20 heavy (non-hydrogen) atoms. The van der Waals surface area contributed by atoms with E-state index >= 15 is 0 Å². The molecule has 2 amide bonds. The van der Waals surface area contributed by atoms with Gasteiger partial charge in [-0.05, 0) is 29.9 Å². The number of carbonyl (C=O) groups excluding carboxylic acids is 2. The average molecular weight is 276 g/mol. The molecule has 3 N–H and O–H groups in total. The van der Waals surface area contributed by atoms with Crippen LogP contribution >= 0.6 is 0 Å². The molecule has 0 heterocycles. The second kappa shape index (κ2) is 6.55. The molecule has 1 atom stereocenters. The van der Waals surface area contributed by atoms with Crippen molar-refractivity contribution in [2.75, 3.05) is 0 Å². The van der Waals surface area contributed by atoms with Crippen molar-refractivity contribution in [3.8, 4) is 0 Å². The summed E-state index contributed by atoms with van der Waals surface area (Å²) in [7, 11) is 0. The smallest absolute Gasteiger partial charge is 0.239 e. The quantitative estimate of drug-likeness (QED) is 0.862. The van der Waals surface area contributed by atoms with E-state index in [0.717, 1.165) is 5.56 Å². The van der Waals surface area contributed by atoms with Crippen LogP contribution in [0.25, 0.3) is 0 Å². The van der Waals surface area contributed by atoms with Crippen molar-refractivity contribution in [3.63, 3.8) is 0 Å². The number of nitrogens with one attached hydrogen (secondary N) is 1. The lowest BCUT2D eigenvalue weighted by Gasteiger charge is -2.19. The molecule has 110 valence electrons. The van der Waals surface area contributed by atoms with Gasteiger partial charge in [0.1, 0.15) is 6.04 Å². The zero-order chi connectivity index (χ0) is 15.3. The second-order valence-electron chi connectivity index (χ2n) is 6.14. The molecule has 4 heteroatoms. The topological polar surface area (TPSA) is 72.2 Å². The fourth-order valence-corrected chi connectivity index (χ4v) is 1.81. The predicted octanol–water partition coefficient (Wildman–Crippen LogP) is 1.91. The van der Waals surface area contributed by atoms with Gasteiger partial charge >= 0.3 is 0 Å². The highest BCUT2D eigenvalue weighted by Crippen LogP contribution is 2.22. The van der Waals surface area contributed by atoms with Crippen molar-refractivity contribution < 1.29 is 9.59 Å². The standard InChI is InChI=1S/C16H24N2O2/c1-11(15(17)20)18-14(19)10-7-12-5-8-13(9-6-12)16(2,3)4/h5-6,8-9,11H,7,10H2,1-4H3,(H2,17,20)(H,18,19). The van der Waals surface area contributed by atoms with Gasteiger partial charge in [0.15, 0.2) is 0 Å². The summed E-state index contributed by atoms with van der Waals surface area (Å²) in [6, 6.07) is 7.67. The number of hydrogen-bond donors (Lipinski definition) is 2. The van der Waals surface area contributed by atoms with Crippen LogP contribution in [0.5, 0.6) is 0 Å². The van der Waals surface area contributed by atoms with Crippen LogP contribution in [0, 0.1) is 0 Å². The van der Waals surface area contributed by atoms with Gasteiger partial charge in [-0.15, -0.1) is 0 Å². The van der Waals surface area contributed by atoms with Crippen LogP contribution < -0.4 is 11.1 Å². The molecular weight excluding hydrogens is 252 g/mol. The van der Waals surface area contributed by atoms with Gasteiger partial charge < -0.3 is 11.1 Å². The normalized spacial score (nSPS) is 12.8. The van der Waals surface area contributed by atoms with Gasteiger partial charge in [0.05, 0.1) is 0 Å². The molecule has 4 nitrogen and oxygen atoms in total. The molecule has 0 saturated heterocycles. The molecule has 0 fully saturated rings. The zero-order valence-electron chi connectivity index (χ0n) is 12.7. The van der Waals surface area contributed by atoms with Gasteiger partial charge in [-0.25, -0.2) is 0 Å². The zero-order valence-corrected chi connectivity index (χ0v) is 12.7. The molecule has 0 aliphatic heterocycles. The van der Waals surface area contributed by atoms with E-state index < -0.39 is 11.9 Å². The number of amides is 2. The highest BCUT2D eigenvalue weighted by atomic mass is 16.2. The lowest BCUT2D eigenvalue weighted by atomic mass is 9.86. The number of carbonyl (C=O) groups is 2. The van der Waals surface area contributed by atoms with Gasteiger partial charge in [-0.3, -0.25) is 9.59 Å². The molecule has 1 rings (SSSR count). The Hall–Kier alpha value is -1.84. The van der Waals surface area contributed by atoms with E-state index in [9.17, 15) is 9.59 Å². The van der Waals surface area contributed by atoms with Gasteiger partial charge in [-0.2, -0.15) is 0 Å². The van der Waals surface area contributed by atoms with Crippen molar-refractivity contribution in [2.24, 2.45) is 5.73 Å². The Morgan fingerprint density at radius 2 is 1.75 bits per heavy atom. The van der Waals surface area contributed by atoms with Crippen LogP contribution in [0.15, 0.2) is 24.3 Å². The van der Waals surface area contributed by atoms with Gasteiger partial charge in [0.2, 0.25) is 11.8 Å². The lowest BCUT2D eigenvalue weighted by Crippen LogP contribution is -2.42. The summed E-state index contributed by atoms with van der Waals surface area (Å²) in [6.45, 7) is 8.08. The molecule has 1 aromatic carbocycles.